The molecule has 0 unspecified atom stereocenters. The molecule has 0 aliphatic carbocycles. The van der Waals surface area contributed by atoms with Crippen LogP contribution in [0, 0.1) is 0 Å². The van der Waals surface area contributed by atoms with Crippen LogP contribution in [0.25, 0.3) is 0 Å². The van der Waals surface area contributed by atoms with Crippen LogP contribution < -0.4 is 10.1 Å². The van der Waals surface area contributed by atoms with Crippen molar-refractivity contribution < 1.29 is 14.3 Å². The molecule has 1 aromatic heterocycles. The smallest absolute Gasteiger partial charge is 0.233 e. The Morgan fingerprint density at radius 1 is 1.31 bits per heavy atom. The van der Waals surface area contributed by atoms with Crippen molar-refractivity contribution in [3.63, 3.8) is 0 Å². The molecule has 0 spiro atoms. The molecule has 7 heteroatoms. The first-order chi connectivity index (χ1) is 12.7. The van der Waals surface area contributed by atoms with Gasteiger partial charge in [-0.1, -0.05) is 12.1 Å². The maximum atomic E-state index is 12.6. The lowest BCUT2D eigenvalue weighted by atomic mass is 10.2. The van der Waals surface area contributed by atoms with Crippen molar-refractivity contribution in [2.24, 2.45) is 0 Å². The predicted molar refractivity (Wildman–Crippen MR) is 97.8 cm³/mol. The zero-order chi connectivity index (χ0) is 18.4. The Hall–Kier alpha value is -2.83. The normalized spacial score (nSPS) is 16.5. The number of likely N-dealkylation sites (tertiary alicyclic amines) is 1. The molecule has 1 atom stereocenters. The minimum Gasteiger partial charge on any atom is -0.492 e. The van der Waals surface area contributed by atoms with Gasteiger partial charge in [-0.3, -0.25) is 14.3 Å². The van der Waals surface area contributed by atoms with E-state index in [0.717, 1.165) is 12.8 Å². The van der Waals surface area contributed by atoms with Gasteiger partial charge in [0.2, 0.25) is 11.8 Å². The summed E-state index contributed by atoms with van der Waals surface area (Å²) in [6.45, 7) is 3.74. The highest BCUT2D eigenvalue weighted by atomic mass is 16.5. The van der Waals surface area contributed by atoms with Crippen LogP contribution in [0.3, 0.4) is 0 Å². The second kappa shape index (κ2) is 8.51. The van der Waals surface area contributed by atoms with Crippen molar-refractivity contribution in [3.8, 4) is 5.75 Å². The van der Waals surface area contributed by atoms with Crippen molar-refractivity contribution >= 4 is 17.5 Å². The van der Waals surface area contributed by atoms with Gasteiger partial charge in [0, 0.05) is 18.9 Å². The van der Waals surface area contributed by atoms with Crippen LogP contribution in [0.1, 0.15) is 26.2 Å². The van der Waals surface area contributed by atoms with Crippen LogP contribution in [-0.4, -0.2) is 45.7 Å². The number of amides is 2. The predicted octanol–water partition coefficient (Wildman–Crippen LogP) is 2.30. The molecule has 1 aliphatic rings. The first kappa shape index (κ1) is 18.0. The van der Waals surface area contributed by atoms with Crippen molar-refractivity contribution in [3.05, 3.63) is 42.7 Å². The third-order valence-corrected chi connectivity index (χ3v) is 4.43. The number of rotatable bonds is 7. The molecule has 26 heavy (non-hydrogen) atoms. The minimum absolute atomic E-state index is 0.0888. The molecule has 1 aliphatic heterocycles. The number of hydrogen-bond acceptors (Lipinski definition) is 4. The Morgan fingerprint density at radius 3 is 2.92 bits per heavy atom. The Labute approximate surface area is 152 Å². The number of hydrogen-bond donors (Lipinski definition) is 1. The molecule has 1 fully saturated rings. The number of nitrogens with one attached hydrogen (secondary N) is 1. The molecule has 2 heterocycles. The SMILES string of the molecule is CCOc1ccccc1NC(=O)CC(=O)N1CCC[C@@H]1Cn1cccn1. The van der Waals surface area contributed by atoms with Crippen LogP contribution in [-0.2, 0) is 16.1 Å². The second-order valence-electron chi connectivity index (χ2n) is 6.27. The first-order valence-electron chi connectivity index (χ1n) is 8.96. The first-order valence-corrected chi connectivity index (χ1v) is 8.96. The summed E-state index contributed by atoms with van der Waals surface area (Å²) in [6, 6.07) is 9.18. The summed E-state index contributed by atoms with van der Waals surface area (Å²) in [5, 5.41) is 6.98. The number of benzene rings is 1. The summed E-state index contributed by atoms with van der Waals surface area (Å²) in [5.74, 6) is 0.131. The Bertz CT molecular complexity index is 745. The fourth-order valence-corrected chi connectivity index (χ4v) is 3.26. The van der Waals surface area contributed by atoms with E-state index < -0.39 is 0 Å². The van der Waals surface area contributed by atoms with Gasteiger partial charge in [0.25, 0.3) is 0 Å². The molecular formula is C19H24N4O3. The van der Waals surface area contributed by atoms with Gasteiger partial charge in [-0.25, -0.2) is 0 Å². The lowest BCUT2D eigenvalue weighted by Crippen LogP contribution is -2.39. The molecular weight excluding hydrogens is 332 g/mol. The second-order valence-corrected chi connectivity index (χ2v) is 6.27. The molecule has 7 nitrogen and oxygen atoms in total. The Morgan fingerprint density at radius 2 is 2.15 bits per heavy atom. The van der Waals surface area contributed by atoms with E-state index in [1.54, 1.807) is 23.2 Å². The molecule has 2 aromatic rings. The average Bonchev–Trinajstić information content (AvgIpc) is 3.29. The third-order valence-electron chi connectivity index (χ3n) is 4.43. The number of ether oxygens (including phenoxy) is 1. The molecule has 2 amide bonds. The number of aromatic nitrogens is 2. The van der Waals surface area contributed by atoms with Gasteiger partial charge in [0.15, 0.2) is 0 Å². The number of anilines is 1. The van der Waals surface area contributed by atoms with Crippen LogP contribution in [0.5, 0.6) is 5.75 Å². The molecule has 1 aromatic carbocycles. The van der Waals surface area contributed by atoms with E-state index in [9.17, 15) is 9.59 Å². The highest BCUT2D eigenvalue weighted by Crippen LogP contribution is 2.24. The number of carbonyl (C=O) groups excluding carboxylic acids is 2. The van der Waals surface area contributed by atoms with Gasteiger partial charge in [0.05, 0.1) is 24.9 Å². The minimum atomic E-state index is -0.327. The lowest BCUT2D eigenvalue weighted by Gasteiger charge is -2.24. The maximum Gasteiger partial charge on any atom is 0.233 e. The fourth-order valence-electron chi connectivity index (χ4n) is 3.26. The molecule has 138 valence electrons. The third kappa shape index (κ3) is 4.41. The van der Waals surface area contributed by atoms with E-state index in [-0.39, 0.29) is 24.3 Å². The number of carbonyl (C=O) groups is 2. The maximum absolute atomic E-state index is 12.6. The molecule has 1 saturated heterocycles. The van der Waals surface area contributed by atoms with E-state index in [4.69, 9.17) is 4.74 Å². The van der Waals surface area contributed by atoms with Gasteiger partial charge in [-0.15, -0.1) is 0 Å². The zero-order valence-electron chi connectivity index (χ0n) is 14.9. The molecule has 0 bridgehead atoms. The summed E-state index contributed by atoms with van der Waals surface area (Å²) in [7, 11) is 0. The summed E-state index contributed by atoms with van der Waals surface area (Å²) < 4.78 is 7.33. The Kier molecular flexibility index (Phi) is 5.88. The number of nitrogens with zero attached hydrogens (tertiary/aromatic N) is 3. The lowest BCUT2D eigenvalue weighted by molar-refractivity contribution is -0.135. The van der Waals surface area contributed by atoms with Crippen LogP contribution in [0.4, 0.5) is 5.69 Å². The summed E-state index contributed by atoms with van der Waals surface area (Å²) in [6.07, 6.45) is 5.33. The molecule has 1 N–H and O–H groups in total. The fraction of sp³-hybridized carbons (Fsp3) is 0.421. The van der Waals surface area contributed by atoms with Gasteiger partial charge in [0.1, 0.15) is 12.2 Å². The van der Waals surface area contributed by atoms with Gasteiger partial charge < -0.3 is 15.0 Å². The van der Waals surface area contributed by atoms with E-state index in [0.29, 0.717) is 31.1 Å². The quantitative estimate of drug-likeness (QED) is 0.773. The highest BCUT2D eigenvalue weighted by molar-refractivity contribution is 6.04. The van der Waals surface area contributed by atoms with E-state index in [1.165, 1.54) is 0 Å². The van der Waals surface area contributed by atoms with Crippen molar-refractivity contribution in [1.29, 1.82) is 0 Å². The van der Waals surface area contributed by atoms with Crippen molar-refractivity contribution in [1.82, 2.24) is 14.7 Å². The van der Waals surface area contributed by atoms with Crippen molar-refractivity contribution in [2.75, 3.05) is 18.5 Å². The largest absolute Gasteiger partial charge is 0.492 e. The monoisotopic (exact) mass is 356 g/mol. The summed E-state index contributed by atoms with van der Waals surface area (Å²) >= 11 is 0. The van der Waals surface area contributed by atoms with Crippen LogP contribution in [0.15, 0.2) is 42.7 Å². The topological polar surface area (TPSA) is 76.5 Å². The van der Waals surface area contributed by atoms with Gasteiger partial charge >= 0.3 is 0 Å². The molecule has 0 saturated carbocycles. The Balaban J connectivity index is 1.57. The van der Waals surface area contributed by atoms with Crippen LogP contribution >= 0.6 is 0 Å². The van der Waals surface area contributed by atoms with Crippen LogP contribution in [0.2, 0.25) is 0 Å². The van der Waals surface area contributed by atoms with Crippen molar-refractivity contribution in [2.45, 2.75) is 38.8 Å². The highest BCUT2D eigenvalue weighted by Gasteiger charge is 2.30. The van der Waals surface area contributed by atoms with E-state index >= 15 is 0 Å². The molecule has 3 rings (SSSR count). The average molecular weight is 356 g/mol. The molecule has 0 radical (unpaired) electrons. The zero-order valence-corrected chi connectivity index (χ0v) is 14.9. The summed E-state index contributed by atoms with van der Waals surface area (Å²) in [5.41, 5.74) is 0.585. The van der Waals surface area contributed by atoms with E-state index in [1.807, 2.05) is 36.0 Å². The van der Waals surface area contributed by atoms with Gasteiger partial charge in [-0.05, 0) is 38.0 Å². The van der Waals surface area contributed by atoms with Gasteiger partial charge in [-0.2, -0.15) is 5.10 Å². The summed E-state index contributed by atoms with van der Waals surface area (Å²) in [4.78, 5) is 26.7. The standard InChI is InChI=1S/C19H24N4O3/c1-2-26-17-9-4-3-8-16(17)21-18(24)13-19(25)23-12-5-7-15(23)14-22-11-6-10-20-22/h3-4,6,8-11,15H,2,5,7,12-14H2,1H3,(H,21,24)/t15-/m1/s1. The van der Waals surface area contributed by atoms with E-state index in [2.05, 4.69) is 10.4 Å². The number of para-hydroxylation sites is 2.